The van der Waals surface area contributed by atoms with Gasteiger partial charge in [0.25, 0.3) is 0 Å². The first kappa shape index (κ1) is 11.7. The molecule has 0 aliphatic rings. The lowest BCUT2D eigenvalue weighted by Gasteiger charge is -2.31. The Hall–Kier alpha value is 0.680. The van der Waals surface area contributed by atoms with Gasteiger partial charge in [-0.05, 0) is 27.7 Å². The largest absolute Gasteiger partial charge is 0.297 e. The zero-order valence-corrected chi connectivity index (χ0v) is 9.75. The number of hydrogen-bond acceptors (Lipinski definition) is 1. The molecule has 0 spiro atoms. The van der Waals surface area contributed by atoms with Crippen LogP contribution in [0.1, 0.15) is 27.7 Å². The third kappa shape index (κ3) is 5.00. The molecule has 0 N–H and O–H groups in total. The Bertz CT molecular complexity index is 96.3. The highest BCUT2D eigenvalue weighted by molar-refractivity contribution is 7.21. The van der Waals surface area contributed by atoms with Crippen molar-refractivity contribution >= 4 is 20.8 Å². The van der Waals surface area contributed by atoms with Gasteiger partial charge in [-0.25, -0.2) is 0 Å². The van der Waals surface area contributed by atoms with Crippen molar-refractivity contribution in [3.05, 3.63) is 0 Å². The van der Waals surface area contributed by atoms with Crippen molar-refractivity contribution in [1.29, 1.82) is 0 Å². The van der Waals surface area contributed by atoms with Gasteiger partial charge in [0.1, 0.15) is 0 Å². The maximum absolute atomic E-state index is 5.88. The molecule has 0 fully saturated rings. The van der Waals surface area contributed by atoms with Gasteiger partial charge in [0, 0.05) is 18.6 Å². The first-order valence-electron chi connectivity index (χ1n) is 4.10. The minimum Gasteiger partial charge on any atom is -0.297 e. The highest BCUT2D eigenvalue weighted by Gasteiger charge is 2.14. The van der Waals surface area contributed by atoms with Gasteiger partial charge >= 0.3 is 0 Å². The molecule has 0 saturated heterocycles. The van der Waals surface area contributed by atoms with Gasteiger partial charge in [-0.1, -0.05) is 0 Å². The second-order valence-corrected chi connectivity index (χ2v) is 5.19. The summed E-state index contributed by atoms with van der Waals surface area (Å²) in [5, 5.41) is 0.166. The van der Waals surface area contributed by atoms with Crippen molar-refractivity contribution in [2.24, 2.45) is 0 Å². The fourth-order valence-electron chi connectivity index (χ4n) is 1.22. The summed E-state index contributed by atoms with van der Waals surface area (Å²) in [5.41, 5.74) is 0. The van der Waals surface area contributed by atoms with Crippen LogP contribution in [0.15, 0.2) is 0 Å². The second kappa shape index (κ2) is 5.35. The van der Waals surface area contributed by atoms with E-state index in [2.05, 4.69) is 41.8 Å². The van der Waals surface area contributed by atoms with Crippen molar-refractivity contribution in [3.63, 3.8) is 0 Å². The lowest BCUT2D eigenvalue weighted by molar-refractivity contribution is 0.183. The molecule has 68 valence electrons. The van der Waals surface area contributed by atoms with Crippen LogP contribution in [0.5, 0.6) is 0 Å². The third-order valence-electron chi connectivity index (χ3n) is 1.71. The molecule has 0 amide bonds. The quantitative estimate of drug-likeness (QED) is 0.492. The fraction of sp³-hybridized carbons (Fsp3) is 1.00. The Morgan fingerprint density at radius 1 is 1.18 bits per heavy atom. The molecule has 0 aromatic rings. The third-order valence-corrected chi connectivity index (χ3v) is 2.06. The molecule has 11 heavy (non-hydrogen) atoms. The van der Waals surface area contributed by atoms with E-state index in [1.807, 2.05) is 0 Å². The Morgan fingerprint density at radius 3 is 1.64 bits per heavy atom. The molecule has 0 heterocycles. The van der Waals surface area contributed by atoms with Crippen LogP contribution in [0.2, 0.25) is 0 Å². The van der Waals surface area contributed by atoms with Gasteiger partial charge in [-0.3, -0.25) is 4.90 Å². The van der Waals surface area contributed by atoms with Crippen molar-refractivity contribution in [2.45, 2.75) is 44.9 Å². The van der Waals surface area contributed by atoms with Gasteiger partial charge in [0.05, 0.1) is 5.12 Å². The van der Waals surface area contributed by atoms with E-state index in [0.29, 0.717) is 12.1 Å². The average Bonchev–Trinajstić information content (AvgIpc) is 1.81. The monoisotopic (exact) mass is 195 g/mol. The predicted molar refractivity (Wildman–Crippen MR) is 56.3 cm³/mol. The zero-order chi connectivity index (χ0) is 9.02. The van der Waals surface area contributed by atoms with Crippen LogP contribution in [0.4, 0.5) is 0 Å². The summed E-state index contributed by atoms with van der Waals surface area (Å²) in [5.74, 6) is 0. The SMILES string of the molecule is CC(C)N(CC(P)Cl)C(C)C. The van der Waals surface area contributed by atoms with Crippen LogP contribution in [-0.2, 0) is 0 Å². The van der Waals surface area contributed by atoms with E-state index in [1.54, 1.807) is 0 Å². The molecule has 2 atom stereocenters. The molecule has 1 nitrogen and oxygen atoms in total. The van der Waals surface area contributed by atoms with E-state index in [1.165, 1.54) is 0 Å². The molecular weight excluding hydrogens is 177 g/mol. The number of alkyl halides is 1. The standard InChI is InChI=1S/C8H19ClNP/c1-6(2)10(7(3)4)5-8(9)11/h6-8H,5,11H2,1-4H3. The fourth-order valence-corrected chi connectivity index (χ4v) is 1.62. The van der Waals surface area contributed by atoms with E-state index in [0.717, 1.165) is 6.54 Å². The van der Waals surface area contributed by atoms with Crippen LogP contribution in [0.3, 0.4) is 0 Å². The maximum Gasteiger partial charge on any atom is 0.0602 e. The number of rotatable bonds is 4. The Kier molecular flexibility index (Phi) is 5.68. The van der Waals surface area contributed by atoms with Crippen LogP contribution in [-0.4, -0.2) is 28.6 Å². The van der Waals surface area contributed by atoms with E-state index in [-0.39, 0.29) is 5.12 Å². The molecule has 3 heteroatoms. The van der Waals surface area contributed by atoms with Gasteiger partial charge in [0.2, 0.25) is 0 Å². The molecule has 0 aromatic carbocycles. The smallest absolute Gasteiger partial charge is 0.0602 e. The molecular formula is C8H19ClNP. The summed E-state index contributed by atoms with van der Waals surface area (Å²) >= 11 is 5.88. The minimum absolute atomic E-state index is 0.166. The molecule has 0 aliphatic carbocycles. The highest BCUT2D eigenvalue weighted by atomic mass is 35.5. The first-order valence-corrected chi connectivity index (χ1v) is 5.20. The molecule has 0 radical (unpaired) electrons. The van der Waals surface area contributed by atoms with Crippen molar-refractivity contribution in [1.82, 2.24) is 4.90 Å². The van der Waals surface area contributed by atoms with Gasteiger partial charge in [0.15, 0.2) is 0 Å². The summed E-state index contributed by atoms with van der Waals surface area (Å²) in [6, 6.07) is 1.16. The molecule has 0 aliphatic heterocycles. The Morgan fingerprint density at radius 2 is 1.55 bits per heavy atom. The Labute approximate surface area is 77.7 Å². The van der Waals surface area contributed by atoms with E-state index in [9.17, 15) is 0 Å². The van der Waals surface area contributed by atoms with Crippen molar-refractivity contribution in [3.8, 4) is 0 Å². The van der Waals surface area contributed by atoms with Crippen molar-refractivity contribution < 1.29 is 0 Å². The topological polar surface area (TPSA) is 3.24 Å². The lowest BCUT2D eigenvalue weighted by Crippen LogP contribution is -2.39. The van der Waals surface area contributed by atoms with Gasteiger partial charge in [-0.2, -0.15) is 0 Å². The van der Waals surface area contributed by atoms with Crippen LogP contribution in [0, 0.1) is 0 Å². The van der Waals surface area contributed by atoms with Gasteiger partial charge < -0.3 is 0 Å². The number of halogens is 1. The zero-order valence-electron chi connectivity index (χ0n) is 7.84. The van der Waals surface area contributed by atoms with Gasteiger partial charge in [-0.15, -0.1) is 20.8 Å². The minimum atomic E-state index is 0.166. The summed E-state index contributed by atoms with van der Waals surface area (Å²) < 4.78 is 0. The summed E-state index contributed by atoms with van der Waals surface area (Å²) in [6.07, 6.45) is 0. The Balaban J connectivity index is 3.90. The summed E-state index contributed by atoms with van der Waals surface area (Å²) in [7, 11) is 2.62. The molecule has 0 saturated carbocycles. The van der Waals surface area contributed by atoms with Crippen LogP contribution >= 0.6 is 20.8 Å². The molecule has 0 aromatic heterocycles. The highest BCUT2D eigenvalue weighted by Crippen LogP contribution is 2.12. The van der Waals surface area contributed by atoms with Crippen LogP contribution in [0.25, 0.3) is 0 Å². The normalized spacial score (nSPS) is 15.0. The molecule has 2 unspecified atom stereocenters. The van der Waals surface area contributed by atoms with Crippen LogP contribution < -0.4 is 0 Å². The predicted octanol–water partition coefficient (Wildman–Crippen LogP) is 2.55. The lowest BCUT2D eigenvalue weighted by atomic mass is 10.2. The molecule has 0 rings (SSSR count). The average molecular weight is 196 g/mol. The number of hydrogen-bond donors (Lipinski definition) is 0. The van der Waals surface area contributed by atoms with E-state index >= 15 is 0 Å². The number of nitrogens with zero attached hydrogens (tertiary/aromatic N) is 1. The van der Waals surface area contributed by atoms with E-state index in [4.69, 9.17) is 11.6 Å². The first-order chi connectivity index (χ1) is 4.95. The van der Waals surface area contributed by atoms with E-state index < -0.39 is 0 Å². The summed E-state index contributed by atoms with van der Waals surface area (Å²) in [4.78, 5) is 2.38. The van der Waals surface area contributed by atoms with Crippen molar-refractivity contribution in [2.75, 3.05) is 6.54 Å². The molecule has 0 bridgehead atoms. The summed E-state index contributed by atoms with van der Waals surface area (Å²) in [6.45, 7) is 9.74. The maximum atomic E-state index is 5.88. The second-order valence-electron chi connectivity index (χ2n) is 3.40.